The van der Waals surface area contributed by atoms with Gasteiger partial charge in [-0.1, -0.05) is 55.8 Å². The van der Waals surface area contributed by atoms with Crippen molar-refractivity contribution in [3.63, 3.8) is 0 Å². The molecule has 2 aromatic carbocycles. The van der Waals surface area contributed by atoms with E-state index in [-0.39, 0.29) is 12.5 Å². The van der Waals surface area contributed by atoms with Crippen LogP contribution >= 0.6 is 11.3 Å². The fourth-order valence-corrected chi connectivity index (χ4v) is 3.84. The van der Waals surface area contributed by atoms with Gasteiger partial charge >= 0.3 is 5.97 Å². The average Bonchev–Trinajstić information content (AvgIpc) is 3.26. The summed E-state index contributed by atoms with van der Waals surface area (Å²) >= 11 is 1.63. The molecule has 0 unspecified atom stereocenters. The lowest BCUT2D eigenvalue weighted by atomic mass is 10.1. The number of amides is 1. The summed E-state index contributed by atoms with van der Waals surface area (Å²) in [6.45, 7) is 3.37. The first-order valence-corrected chi connectivity index (χ1v) is 10.8. The highest BCUT2D eigenvalue weighted by Gasteiger charge is 2.13. The van der Waals surface area contributed by atoms with Gasteiger partial charge < -0.3 is 15.3 Å². The molecule has 30 heavy (non-hydrogen) atoms. The number of rotatable bonds is 10. The topological polar surface area (TPSA) is 82.5 Å². The molecule has 7 heteroatoms. The van der Waals surface area contributed by atoms with Crippen LogP contribution in [-0.2, 0) is 11.3 Å². The number of carbonyl (C=O) groups is 2. The molecule has 0 saturated heterocycles. The third-order valence-electron chi connectivity index (χ3n) is 4.60. The van der Waals surface area contributed by atoms with Crippen molar-refractivity contribution in [2.24, 2.45) is 0 Å². The van der Waals surface area contributed by atoms with Gasteiger partial charge in [-0.2, -0.15) is 0 Å². The summed E-state index contributed by atoms with van der Waals surface area (Å²) in [5, 5.41) is 14.1. The molecule has 0 radical (unpaired) electrons. The van der Waals surface area contributed by atoms with Gasteiger partial charge in [-0.25, -0.2) is 4.98 Å². The molecular weight excluding hydrogens is 398 g/mol. The van der Waals surface area contributed by atoms with Crippen LogP contribution in [0.15, 0.2) is 60.0 Å². The molecule has 0 spiro atoms. The lowest BCUT2D eigenvalue weighted by Gasteiger charge is -2.22. The quantitative estimate of drug-likeness (QED) is 0.504. The summed E-state index contributed by atoms with van der Waals surface area (Å²) < 4.78 is 0. The maximum absolute atomic E-state index is 12.0. The van der Waals surface area contributed by atoms with Crippen molar-refractivity contribution in [1.29, 1.82) is 0 Å². The van der Waals surface area contributed by atoms with Crippen LogP contribution in [0.25, 0.3) is 11.3 Å². The van der Waals surface area contributed by atoms with Crippen LogP contribution in [0.4, 0.5) is 5.13 Å². The van der Waals surface area contributed by atoms with Crippen molar-refractivity contribution in [2.75, 3.05) is 18.0 Å². The lowest BCUT2D eigenvalue weighted by Crippen LogP contribution is -2.29. The number of benzene rings is 2. The van der Waals surface area contributed by atoms with Gasteiger partial charge in [0.2, 0.25) is 0 Å². The van der Waals surface area contributed by atoms with E-state index >= 15 is 0 Å². The van der Waals surface area contributed by atoms with E-state index in [1.54, 1.807) is 23.5 Å². The number of thiazole rings is 1. The van der Waals surface area contributed by atoms with Crippen LogP contribution < -0.4 is 10.2 Å². The summed E-state index contributed by atoms with van der Waals surface area (Å²) in [6.07, 6.45) is 2.16. The van der Waals surface area contributed by atoms with Gasteiger partial charge in [-0.3, -0.25) is 9.59 Å². The Morgan fingerprint density at radius 2 is 1.83 bits per heavy atom. The fraction of sp³-hybridized carbons (Fsp3) is 0.261. The second-order valence-corrected chi connectivity index (χ2v) is 7.77. The smallest absolute Gasteiger partial charge is 0.322 e. The lowest BCUT2D eigenvalue weighted by molar-refractivity contribution is -0.135. The first-order valence-electron chi connectivity index (χ1n) is 9.91. The van der Waals surface area contributed by atoms with Crippen molar-refractivity contribution in [1.82, 2.24) is 10.3 Å². The molecule has 0 aliphatic heterocycles. The first-order chi connectivity index (χ1) is 14.6. The number of carboxylic acids is 1. The molecule has 1 heterocycles. The molecule has 3 aromatic rings. The number of aliphatic carboxylic acids is 1. The maximum atomic E-state index is 12.0. The largest absolute Gasteiger partial charge is 0.480 e. The van der Waals surface area contributed by atoms with Crippen LogP contribution in [0, 0.1) is 0 Å². The van der Waals surface area contributed by atoms with Crippen LogP contribution in [0.2, 0.25) is 0 Å². The number of nitrogens with one attached hydrogen (secondary N) is 1. The summed E-state index contributed by atoms with van der Waals surface area (Å²) in [7, 11) is 0. The minimum atomic E-state index is -1.06. The molecule has 3 rings (SSSR count). The Hall–Kier alpha value is -3.19. The summed E-state index contributed by atoms with van der Waals surface area (Å²) in [5.41, 5.74) is 3.59. The van der Waals surface area contributed by atoms with E-state index in [4.69, 9.17) is 10.1 Å². The van der Waals surface area contributed by atoms with E-state index in [0.717, 1.165) is 41.3 Å². The number of carboxylic acid groups (broad SMARTS) is 1. The fourth-order valence-electron chi connectivity index (χ4n) is 2.98. The number of unbranched alkanes of at least 4 members (excludes halogenated alkanes) is 1. The second-order valence-electron chi connectivity index (χ2n) is 6.93. The molecule has 0 fully saturated rings. The standard InChI is InChI=1S/C23H25N3O3S/c1-2-3-13-26(23-25-20(16-30-23)18-7-5-4-6-8-18)15-17-9-11-19(12-10-17)22(29)24-14-21(27)28/h4-12,16H,2-3,13-15H2,1H3,(H,24,29)(H,27,28). The average molecular weight is 424 g/mol. The highest BCUT2D eigenvalue weighted by molar-refractivity contribution is 7.14. The summed E-state index contributed by atoms with van der Waals surface area (Å²) in [5.74, 6) is -1.45. The number of hydrogen-bond acceptors (Lipinski definition) is 5. The molecular formula is C23H25N3O3S. The zero-order valence-corrected chi connectivity index (χ0v) is 17.7. The third kappa shape index (κ3) is 5.90. The van der Waals surface area contributed by atoms with Gasteiger partial charge in [0.25, 0.3) is 5.91 Å². The normalized spacial score (nSPS) is 10.6. The minimum Gasteiger partial charge on any atom is -0.480 e. The van der Waals surface area contributed by atoms with Crippen molar-refractivity contribution < 1.29 is 14.7 Å². The Morgan fingerprint density at radius 1 is 1.10 bits per heavy atom. The highest BCUT2D eigenvalue weighted by Crippen LogP contribution is 2.28. The predicted molar refractivity (Wildman–Crippen MR) is 120 cm³/mol. The Bertz CT molecular complexity index is 971. The van der Waals surface area contributed by atoms with Gasteiger partial charge in [-0.05, 0) is 24.1 Å². The number of nitrogens with zero attached hydrogens (tertiary/aromatic N) is 2. The molecule has 6 nitrogen and oxygen atoms in total. The maximum Gasteiger partial charge on any atom is 0.322 e. The van der Waals surface area contributed by atoms with E-state index in [2.05, 4.69) is 34.7 Å². The number of anilines is 1. The predicted octanol–water partition coefficient (Wildman–Crippen LogP) is 4.43. The molecule has 1 aromatic heterocycles. The monoisotopic (exact) mass is 423 g/mol. The molecule has 0 aliphatic rings. The highest BCUT2D eigenvalue weighted by atomic mass is 32.1. The number of hydrogen-bond donors (Lipinski definition) is 2. The van der Waals surface area contributed by atoms with Crippen molar-refractivity contribution in [3.8, 4) is 11.3 Å². The molecule has 1 amide bonds. The van der Waals surface area contributed by atoms with E-state index < -0.39 is 5.97 Å². The van der Waals surface area contributed by atoms with Crippen LogP contribution in [0.1, 0.15) is 35.7 Å². The summed E-state index contributed by atoms with van der Waals surface area (Å²) in [4.78, 5) is 29.7. The van der Waals surface area contributed by atoms with Crippen LogP contribution in [-0.4, -0.2) is 35.1 Å². The molecule has 2 N–H and O–H groups in total. The van der Waals surface area contributed by atoms with Gasteiger partial charge in [0.05, 0.1) is 5.69 Å². The van der Waals surface area contributed by atoms with Crippen molar-refractivity contribution in [3.05, 3.63) is 71.1 Å². The van der Waals surface area contributed by atoms with Crippen molar-refractivity contribution >= 4 is 28.3 Å². The number of aromatic nitrogens is 1. The third-order valence-corrected chi connectivity index (χ3v) is 5.50. The Balaban J connectivity index is 1.71. The molecule has 0 bridgehead atoms. The first kappa shape index (κ1) is 21.5. The minimum absolute atomic E-state index is 0.390. The van der Waals surface area contributed by atoms with E-state index in [9.17, 15) is 9.59 Å². The van der Waals surface area contributed by atoms with Crippen LogP contribution in [0.3, 0.4) is 0 Å². The van der Waals surface area contributed by atoms with E-state index in [0.29, 0.717) is 12.1 Å². The van der Waals surface area contributed by atoms with E-state index in [1.165, 1.54) is 0 Å². The zero-order chi connectivity index (χ0) is 21.3. The molecule has 156 valence electrons. The Morgan fingerprint density at radius 3 is 2.50 bits per heavy atom. The summed E-state index contributed by atoms with van der Waals surface area (Å²) in [6, 6.07) is 17.4. The Labute approximate surface area is 180 Å². The molecule has 0 atom stereocenters. The molecule has 0 saturated carbocycles. The SMILES string of the molecule is CCCCN(Cc1ccc(C(=O)NCC(=O)O)cc1)c1nc(-c2ccccc2)cs1. The van der Waals surface area contributed by atoms with Gasteiger partial charge in [-0.15, -0.1) is 11.3 Å². The van der Waals surface area contributed by atoms with Crippen molar-refractivity contribution in [2.45, 2.75) is 26.3 Å². The molecule has 0 aliphatic carbocycles. The van der Waals surface area contributed by atoms with Gasteiger partial charge in [0, 0.05) is 29.6 Å². The Kier molecular flexibility index (Phi) is 7.57. The van der Waals surface area contributed by atoms with Crippen LogP contribution in [0.5, 0.6) is 0 Å². The zero-order valence-electron chi connectivity index (χ0n) is 16.9. The van der Waals surface area contributed by atoms with E-state index in [1.807, 2.05) is 30.3 Å². The van der Waals surface area contributed by atoms with Gasteiger partial charge in [0.15, 0.2) is 5.13 Å². The van der Waals surface area contributed by atoms with Gasteiger partial charge in [0.1, 0.15) is 6.54 Å². The number of carbonyl (C=O) groups excluding carboxylic acids is 1. The second kappa shape index (κ2) is 10.5.